The summed E-state index contributed by atoms with van der Waals surface area (Å²) in [6.45, 7) is 12.6. The van der Waals surface area contributed by atoms with Crippen LogP contribution < -0.4 is 9.64 Å². The van der Waals surface area contributed by atoms with Gasteiger partial charge in [-0.25, -0.2) is 0 Å². The van der Waals surface area contributed by atoms with Crippen molar-refractivity contribution in [3.8, 4) is 5.75 Å². The standard InChI is InChI=1S/C21H28N2O/c1-17-4-8-21(9-5-17)24-15-14-22-10-12-23(13-11-22)20-7-6-18(2)19(3)16-20/h4-9,16H,10-15H2,1-3H3. The van der Waals surface area contributed by atoms with Gasteiger partial charge in [0.1, 0.15) is 12.4 Å². The van der Waals surface area contributed by atoms with Gasteiger partial charge in [-0.3, -0.25) is 4.90 Å². The van der Waals surface area contributed by atoms with E-state index in [2.05, 4.69) is 60.9 Å². The Balaban J connectivity index is 1.43. The van der Waals surface area contributed by atoms with Crippen molar-refractivity contribution in [1.29, 1.82) is 0 Å². The lowest BCUT2D eigenvalue weighted by Crippen LogP contribution is -2.47. The summed E-state index contributed by atoms with van der Waals surface area (Å²) in [6, 6.07) is 15.1. The Morgan fingerprint density at radius 2 is 1.54 bits per heavy atom. The fraction of sp³-hybridized carbons (Fsp3) is 0.429. The summed E-state index contributed by atoms with van der Waals surface area (Å²) >= 11 is 0. The Bertz CT molecular complexity index is 658. The number of piperazine rings is 1. The van der Waals surface area contributed by atoms with Crippen molar-refractivity contribution in [2.45, 2.75) is 20.8 Å². The maximum Gasteiger partial charge on any atom is 0.119 e. The highest BCUT2D eigenvalue weighted by atomic mass is 16.5. The van der Waals surface area contributed by atoms with Crippen molar-refractivity contribution in [3.63, 3.8) is 0 Å². The van der Waals surface area contributed by atoms with E-state index in [1.165, 1.54) is 22.4 Å². The van der Waals surface area contributed by atoms with Crippen LogP contribution in [0.4, 0.5) is 5.69 Å². The smallest absolute Gasteiger partial charge is 0.119 e. The first-order valence-electron chi connectivity index (χ1n) is 8.86. The highest BCUT2D eigenvalue weighted by Crippen LogP contribution is 2.20. The van der Waals surface area contributed by atoms with Crippen molar-refractivity contribution in [3.05, 3.63) is 59.2 Å². The molecule has 1 fully saturated rings. The molecule has 3 nitrogen and oxygen atoms in total. The number of nitrogens with zero attached hydrogens (tertiary/aromatic N) is 2. The van der Waals surface area contributed by atoms with Gasteiger partial charge in [-0.05, 0) is 56.2 Å². The van der Waals surface area contributed by atoms with Crippen molar-refractivity contribution in [2.75, 3.05) is 44.2 Å². The Hall–Kier alpha value is -2.00. The van der Waals surface area contributed by atoms with Gasteiger partial charge in [0.2, 0.25) is 0 Å². The first-order chi connectivity index (χ1) is 11.6. The van der Waals surface area contributed by atoms with E-state index in [4.69, 9.17) is 4.74 Å². The highest BCUT2D eigenvalue weighted by Gasteiger charge is 2.17. The first-order valence-corrected chi connectivity index (χ1v) is 8.86. The zero-order valence-electron chi connectivity index (χ0n) is 15.1. The molecule has 24 heavy (non-hydrogen) atoms. The molecular formula is C21H28N2O. The Labute approximate surface area is 145 Å². The SMILES string of the molecule is Cc1ccc(OCCN2CCN(c3ccc(C)c(C)c3)CC2)cc1. The monoisotopic (exact) mass is 324 g/mol. The quantitative estimate of drug-likeness (QED) is 0.832. The minimum atomic E-state index is 0.757. The molecule has 0 aromatic heterocycles. The molecule has 0 radical (unpaired) electrons. The lowest BCUT2D eigenvalue weighted by molar-refractivity contribution is 0.200. The summed E-state index contributed by atoms with van der Waals surface area (Å²) in [4.78, 5) is 4.98. The molecule has 3 rings (SSSR count). The van der Waals surface area contributed by atoms with Crippen LogP contribution in [0.2, 0.25) is 0 Å². The first kappa shape index (κ1) is 16.8. The molecule has 1 aliphatic rings. The topological polar surface area (TPSA) is 15.7 Å². The lowest BCUT2D eigenvalue weighted by Gasteiger charge is -2.36. The fourth-order valence-corrected chi connectivity index (χ4v) is 3.08. The average molecular weight is 324 g/mol. The van der Waals surface area contributed by atoms with E-state index >= 15 is 0 Å². The molecule has 0 aliphatic carbocycles. The molecule has 0 amide bonds. The Morgan fingerprint density at radius 3 is 2.21 bits per heavy atom. The molecule has 2 aromatic rings. The van der Waals surface area contributed by atoms with E-state index in [1.807, 2.05) is 12.1 Å². The maximum atomic E-state index is 5.85. The minimum Gasteiger partial charge on any atom is -0.492 e. The van der Waals surface area contributed by atoms with Gasteiger partial charge < -0.3 is 9.64 Å². The predicted octanol–water partition coefficient (Wildman–Crippen LogP) is 3.81. The van der Waals surface area contributed by atoms with Crippen molar-refractivity contribution in [2.24, 2.45) is 0 Å². The molecule has 0 N–H and O–H groups in total. The van der Waals surface area contributed by atoms with Gasteiger partial charge in [-0.1, -0.05) is 23.8 Å². The average Bonchev–Trinajstić information content (AvgIpc) is 2.60. The van der Waals surface area contributed by atoms with Crippen LogP contribution in [0.1, 0.15) is 16.7 Å². The molecule has 0 atom stereocenters. The van der Waals surface area contributed by atoms with Gasteiger partial charge in [0.25, 0.3) is 0 Å². The second-order valence-electron chi connectivity index (χ2n) is 6.76. The summed E-state index contributed by atoms with van der Waals surface area (Å²) in [6.07, 6.45) is 0. The summed E-state index contributed by atoms with van der Waals surface area (Å²) < 4.78 is 5.85. The van der Waals surface area contributed by atoms with Gasteiger partial charge in [-0.2, -0.15) is 0 Å². The van der Waals surface area contributed by atoms with Gasteiger partial charge in [-0.15, -0.1) is 0 Å². The molecule has 2 aromatic carbocycles. The third kappa shape index (κ3) is 4.30. The summed E-state index contributed by atoms with van der Waals surface area (Å²) in [5, 5.41) is 0. The van der Waals surface area contributed by atoms with Crippen molar-refractivity contribution < 1.29 is 4.74 Å². The zero-order chi connectivity index (χ0) is 16.9. The second-order valence-corrected chi connectivity index (χ2v) is 6.76. The molecule has 0 bridgehead atoms. The van der Waals surface area contributed by atoms with E-state index in [9.17, 15) is 0 Å². The third-order valence-corrected chi connectivity index (χ3v) is 4.93. The van der Waals surface area contributed by atoms with E-state index in [1.54, 1.807) is 0 Å². The van der Waals surface area contributed by atoms with Gasteiger partial charge in [0.05, 0.1) is 0 Å². The molecule has 3 heteroatoms. The molecule has 1 aliphatic heterocycles. The third-order valence-electron chi connectivity index (χ3n) is 4.93. The Morgan fingerprint density at radius 1 is 0.833 bits per heavy atom. The molecule has 1 saturated heterocycles. The molecule has 128 valence electrons. The van der Waals surface area contributed by atoms with Gasteiger partial charge in [0.15, 0.2) is 0 Å². The van der Waals surface area contributed by atoms with Crippen molar-refractivity contribution >= 4 is 5.69 Å². The number of rotatable bonds is 5. The molecule has 1 heterocycles. The summed E-state index contributed by atoms with van der Waals surface area (Å²) in [5.41, 5.74) is 5.37. The van der Waals surface area contributed by atoms with Crippen LogP contribution in [0.3, 0.4) is 0 Å². The molecule has 0 unspecified atom stereocenters. The highest BCUT2D eigenvalue weighted by molar-refractivity contribution is 5.51. The zero-order valence-corrected chi connectivity index (χ0v) is 15.1. The molecule has 0 saturated carbocycles. The number of hydrogen-bond donors (Lipinski definition) is 0. The number of anilines is 1. The minimum absolute atomic E-state index is 0.757. The van der Waals surface area contributed by atoms with Gasteiger partial charge in [0, 0.05) is 38.4 Å². The lowest BCUT2D eigenvalue weighted by atomic mass is 10.1. The number of benzene rings is 2. The molecular weight excluding hydrogens is 296 g/mol. The van der Waals surface area contributed by atoms with Crippen LogP contribution in [-0.4, -0.2) is 44.2 Å². The summed E-state index contributed by atoms with van der Waals surface area (Å²) in [5.74, 6) is 0.967. The van der Waals surface area contributed by atoms with E-state index < -0.39 is 0 Å². The van der Waals surface area contributed by atoms with Gasteiger partial charge >= 0.3 is 0 Å². The van der Waals surface area contributed by atoms with Crippen LogP contribution in [0, 0.1) is 20.8 Å². The molecule has 0 spiro atoms. The predicted molar refractivity (Wildman–Crippen MR) is 101 cm³/mol. The normalized spacial score (nSPS) is 15.5. The maximum absolute atomic E-state index is 5.85. The van der Waals surface area contributed by atoms with Crippen LogP contribution in [0.15, 0.2) is 42.5 Å². The van der Waals surface area contributed by atoms with Crippen LogP contribution in [0.5, 0.6) is 5.75 Å². The fourth-order valence-electron chi connectivity index (χ4n) is 3.08. The number of aryl methyl sites for hydroxylation is 3. The number of hydrogen-bond acceptors (Lipinski definition) is 3. The van der Waals surface area contributed by atoms with E-state index in [0.29, 0.717) is 0 Å². The van der Waals surface area contributed by atoms with E-state index in [0.717, 1.165) is 45.1 Å². The number of ether oxygens (including phenoxy) is 1. The van der Waals surface area contributed by atoms with Crippen LogP contribution in [0.25, 0.3) is 0 Å². The van der Waals surface area contributed by atoms with Crippen molar-refractivity contribution in [1.82, 2.24) is 4.90 Å². The van der Waals surface area contributed by atoms with Crippen LogP contribution in [-0.2, 0) is 0 Å². The summed E-state index contributed by atoms with van der Waals surface area (Å²) in [7, 11) is 0. The second kappa shape index (κ2) is 7.71. The van der Waals surface area contributed by atoms with E-state index in [-0.39, 0.29) is 0 Å². The Kier molecular flexibility index (Phi) is 5.41. The van der Waals surface area contributed by atoms with Crippen LogP contribution >= 0.6 is 0 Å². The largest absolute Gasteiger partial charge is 0.492 e.